The van der Waals surface area contributed by atoms with Crippen LogP contribution in [0.3, 0.4) is 0 Å². The Labute approximate surface area is 478 Å². The maximum absolute atomic E-state index is 12.7. The number of ether oxygens (including phenoxy) is 2. The molecular weight excluding hydrogens is 990 g/mol. The number of phosphoric acid groups is 1. The number of hydrogen-bond donors (Lipinski definition) is 2. The zero-order valence-electron chi connectivity index (χ0n) is 49.6. The maximum atomic E-state index is 12.7. The van der Waals surface area contributed by atoms with Crippen LogP contribution in [-0.4, -0.2) is 49.3 Å². The molecule has 0 spiro atoms. The van der Waals surface area contributed by atoms with E-state index in [4.69, 9.17) is 24.3 Å². The lowest BCUT2D eigenvalue weighted by Crippen LogP contribution is -2.29. The normalized spacial score (nSPS) is 13.9. The summed E-state index contributed by atoms with van der Waals surface area (Å²) in [4.78, 5) is 35.2. The average molecular weight is 1100 g/mol. The van der Waals surface area contributed by atoms with E-state index in [9.17, 15) is 19.0 Å². The lowest BCUT2D eigenvalue weighted by Gasteiger charge is -2.19. The van der Waals surface area contributed by atoms with Gasteiger partial charge in [-0.3, -0.25) is 18.6 Å². The van der Waals surface area contributed by atoms with Crippen LogP contribution in [0.25, 0.3) is 0 Å². The van der Waals surface area contributed by atoms with Crippen LogP contribution in [0, 0.1) is 0 Å². The van der Waals surface area contributed by atoms with Gasteiger partial charge in [-0.1, -0.05) is 257 Å². The Hall–Kier alpha value is -3.85. The Morgan fingerprint density at radius 1 is 0.397 bits per heavy atom. The topological polar surface area (TPSA) is 134 Å². The third kappa shape index (κ3) is 61.4. The van der Waals surface area contributed by atoms with Crippen LogP contribution in [-0.2, 0) is 32.7 Å². The highest BCUT2D eigenvalue weighted by Crippen LogP contribution is 2.43. The van der Waals surface area contributed by atoms with E-state index in [0.717, 1.165) is 128 Å². The number of allylic oxidation sites excluding steroid dienone is 22. The summed E-state index contributed by atoms with van der Waals surface area (Å²) in [6, 6.07) is 0. The van der Waals surface area contributed by atoms with Crippen molar-refractivity contribution in [1.82, 2.24) is 0 Å². The molecule has 0 aliphatic carbocycles. The molecular formula is C68H114NO8P. The summed E-state index contributed by atoms with van der Waals surface area (Å²) in [5.74, 6) is -0.846. The quantitative estimate of drug-likeness (QED) is 0.0264. The highest BCUT2D eigenvalue weighted by molar-refractivity contribution is 7.47. The van der Waals surface area contributed by atoms with Gasteiger partial charge in [0.1, 0.15) is 6.61 Å². The van der Waals surface area contributed by atoms with Crippen LogP contribution < -0.4 is 5.73 Å². The molecule has 0 aromatic rings. The molecule has 78 heavy (non-hydrogen) atoms. The summed E-state index contributed by atoms with van der Waals surface area (Å²) >= 11 is 0. The maximum Gasteiger partial charge on any atom is 0.472 e. The van der Waals surface area contributed by atoms with Gasteiger partial charge in [0.25, 0.3) is 0 Å². The Kier molecular flexibility index (Phi) is 59.3. The monoisotopic (exact) mass is 1100 g/mol. The molecule has 10 heteroatoms. The Morgan fingerprint density at radius 2 is 0.705 bits per heavy atom. The van der Waals surface area contributed by atoms with E-state index in [1.54, 1.807) is 0 Å². The fourth-order valence-corrected chi connectivity index (χ4v) is 8.95. The standard InChI is InChI=1S/C68H114NO8P/c1-3-5-7-9-11-13-15-17-19-21-22-23-24-25-26-27-28-29-30-31-32-33-34-35-36-37-38-39-40-41-42-43-44-45-47-49-51-53-55-57-59-61-68(71)77-66(65-76-78(72,73)75-63-62-69)64-74-67(70)60-58-56-54-52-50-48-46-20-18-16-14-12-10-8-6-4-2/h5,7,11,13,17,19-20,22-23,25-26,28-29,31-32,34-35,37-38,40-41,46,66H,3-4,6,8-10,12,14-16,18,21,24,27,30,33,36,39,42-45,47-65,69H2,1-2H3,(H,72,73)/b7-5-,13-11-,19-17-,23-22-,26-25-,29-28-,32-31-,35-34-,38-37-,41-40-,46-20-. The lowest BCUT2D eigenvalue weighted by atomic mass is 10.0. The molecule has 2 atom stereocenters. The molecule has 2 unspecified atom stereocenters. The number of rotatable bonds is 57. The molecule has 0 bridgehead atoms. The van der Waals surface area contributed by atoms with Gasteiger partial charge in [-0.25, -0.2) is 4.57 Å². The number of nitrogens with two attached hydrogens (primary N) is 1. The molecule has 0 amide bonds. The summed E-state index contributed by atoms with van der Waals surface area (Å²) in [6.45, 7) is 3.61. The van der Waals surface area contributed by atoms with Crippen molar-refractivity contribution in [3.63, 3.8) is 0 Å². The zero-order chi connectivity index (χ0) is 56.6. The van der Waals surface area contributed by atoms with Crippen LogP contribution in [0.4, 0.5) is 0 Å². The molecule has 0 fully saturated rings. The van der Waals surface area contributed by atoms with Crippen LogP contribution >= 0.6 is 7.82 Å². The first-order valence-corrected chi connectivity index (χ1v) is 32.7. The van der Waals surface area contributed by atoms with Gasteiger partial charge in [-0.05, 0) is 116 Å². The predicted octanol–water partition coefficient (Wildman–Crippen LogP) is 20.1. The zero-order valence-corrected chi connectivity index (χ0v) is 50.5. The van der Waals surface area contributed by atoms with E-state index >= 15 is 0 Å². The third-order valence-electron chi connectivity index (χ3n) is 12.8. The van der Waals surface area contributed by atoms with E-state index in [0.29, 0.717) is 6.42 Å². The van der Waals surface area contributed by atoms with Crippen molar-refractivity contribution in [3.05, 3.63) is 134 Å². The highest BCUT2D eigenvalue weighted by atomic mass is 31.2. The van der Waals surface area contributed by atoms with Crippen LogP contribution in [0.2, 0.25) is 0 Å². The van der Waals surface area contributed by atoms with Gasteiger partial charge < -0.3 is 20.1 Å². The third-order valence-corrected chi connectivity index (χ3v) is 13.8. The van der Waals surface area contributed by atoms with Crippen LogP contribution in [0.5, 0.6) is 0 Å². The minimum absolute atomic E-state index is 0.0464. The van der Waals surface area contributed by atoms with Crippen molar-refractivity contribution in [1.29, 1.82) is 0 Å². The summed E-state index contributed by atoms with van der Waals surface area (Å²) in [5.41, 5.74) is 5.38. The van der Waals surface area contributed by atoms with E-state index in [1.165, 1.54) is 89.9 Å². The molecule has 0 aliphatic rings. The van der Waals surface area contributed by atoms with Crippen molar-refractivity contribution in [2.45, 2.75) is 258 Å². The number of unbranched alkanes of at least 4 members (excludes halogenated alkanes) is 22. The smallest absolute Gasteiger partial charge is 0.462 e. The molecule has 0 aromatic heterocycles. The first-order chi connectivity index (χ1) is 38.3. The van der Waals surface area contributed by atoms with Gasteiger partial charge in [0.05, 0.1) is 13.2 Å². The van der Waals surface area contributed by atoms with Gasteiger partial charge in [-0.15, -0.1) is 0 Å². The summed E-state index contributed by atoms with van der Waals surface area (Å²) in [7, 11) is -4.40. The SMILES string of the molecule is CC/C=C\C/C=C\C/C=C\C/C=C\C/C=C\C/C=C\C/C=C\C/C=C\C/C=C\C/C=C\CCCCCCCCCCCCC(=O)OC(COC(=O)CCCCCCC/C=C\CCCCCCCCC)COP(=O)(O)OCCN. The fourth-order valence-electron chi connectivity index (χ4n) is 8.19. The van der Waals surface area contributed by atoms with Gasteiger partial charge >= 0.3 is 19.8 Å². The minimum atomic E-state index is -4.40. The minimum Gasteiger partial charge on any atom is -0.462 e. The number of carbonyl (C=O) groups is 2. The van der Waals surface area contributed by atoms with Gasteiger partial charge in [0, 0.05) is 19.4 Å². The Bertz CT molecular complexity index is 1740. The Balaban J connectivity index is 3.96. The number of hydrogen-bond acceptors (Lipinski definition) is 8. The second kappa shape index (κ2) is 62.3. The molecule has 0 aromatic carbocycles. The van der Waals surface area contributed by atoms with Crippen molar-refractivity contribution in [3.8, 4) is 0 Å². The van der Waals surface area contributed by atoms with E-state index in [1.807, 2.05) is 0 Å². The van der Waals surface area contributed by atoms with Gasteiger partial charge in [0.15, 0.2) is 6.10 Å². The number of esters is 2. The molecule has 0 radical (unpaired) electrons. The first kappa shape index (κ1) is 74.2. The first-order valence-electron chi connectivity index (χ1n) is 31.2. The van der Waals surface area contributed by atoms with E-state index < -0.39 is 32.5 Å². The second-order valence-electron chi connectivity index (χ2n) is 20.2. The number of phosphoric ester groups is 1. The van der Waals surface area contributed by atoms with E-state index in [-0.39, 0.29) is 32.6 Å². The molecule has 3 N–H and O–H groups in total. The highest BCUT2D eigenvalue weighted by Gasteiger charge is 2.26. The Morgan fingerprint density at radius 3 is 1.06 bits per heavy atom. The molecule has 0 saturated heterocycles. The summed E-state index contributed by atoms with van der Waals surface area (Å²) in [5, 5.41) is 0. The molecule has 0 heterocycles. The van der Waals surface area contributed by atoms with Crippen molar-refractivity contribution >= 4 is 19.8 Å². The largest absolute Gasteiger partial charge is 0.472 e. The molecule has 9 nitrogen and oxygen atoms in total. The van der Waals surface area contributed by atoms with Crippen LogP contribution in [0.1, 0.15) is 251 Å². The lowest BCUT2D eigenvalue weighted by molar-refractivity contribution is -0.161. The summed E-state index contributed by atoms with van der Waals surface area (Å²) < 4.78 is 33.0. The fraction of sp³-hybridized carbons (Fsp3) is 0.647. The average Bonchev–Trinajstić information content (AvgIpc) is 3.43. The van der Waals surface area contributed by atoms with Crippen molar-refractivity contribution in [2.24, 2.45) is 5.73 Å². The number of carbonyl (C=O) groups excluding carboxylic acids is 2. The second-order valence-corrected chi connectivity index (χ2v) is 21.6. The van der Waals surface area contributed by atoms with Crippen molar-refractivity contribution in [2.75, 3.05) is 26.4 Å². The van der Waals surface area contributed by atoms with Crippen LogP contribution in [0.15, 0.2) is 134 Å². The summed E-state index contributed by atoms with van der Waals surface area (Å²) in [6.07, 6.45) is 88.0. The van der Waals surface area contributed by atoms with Gasteiger partial charge in [0.2, 0.25) is 0 Å². The molecule has 0 saturated carbocycles. The predicted molar refractivity (Wildman–Crippen MR) is 334 cm³/mol. The van der Waals surface area contributed by atoms with E-state index in [2.05, 4.69) is 148 Å². The van der Waals surface area contributed by atoms with Crippen molar-refractivity contribution < 1.29 is 37.6 Å². The molecule has 0 rings (SSSR count). The molecule has 444 valence electrons. The molecule has 0 aliphatic heterocycles. The van der Waals surface area contributed by atoms with Gasteiger partial charge in [-0.2, -0.15) is 0 Å².